The van der Waals surface area contributed by atoms with E-state index in [4.69, 9.17) is 4.52 Å². The number of halogens is 1. The number of likely N-dealkylation sites (tertiary alicyclic amines) is 1. The van der Waals surface area contributed by atoms with Gasteiger partial charge in [0.25, 0.3) is 0 Å². The number of rotatable bonds is 3. The predicted octanol–water partition coefficient (Wildman–Crippen LogP) is 3.96. The molecule has 5 heteroatoms. The lowest BCUT2D eigenvalue weighted by Crippen LogP contribution is -2.32. The summed E-state index contributed by atoms with van der Waals surface area (Å²) < 4.78 is 6.22. The second-order valence-electron chi connectivity index (χ2n) is 5.78. The van der Waals surface area contributed by atoms with Crippen molar-refractivity contribution in [3.8, 4) is 0 Å². The first-order valence-electron chi connectivity index (χ1n) is 7.53. The van der Waals surface area contributed by atoms with Gasteiger partial charge in [0.05, 0.1) is 18.2 Å². The first-order valence-corrected chi connectivity index (χ1v) is 8.32. The average molecular weight is 363 g/mol. The van der Waals surface area contributed by atoms with Crippen LogP contribution < -0.4 is 0 Å². The lowest BCUT2D eigenvalue weighted by Gasteiger charge is -2.25. The molecular weight excluding hydrogens is 344 g/mol. The molecule has 1 aliphatic rings. The molecule has 2 aromatic rings. The van der Waals surface area contributed by atoms with Gasteiger partial charge in [0.15, 0.2) is 0 Å². The van der Waals surface area contributed by atoms with Gasteiger partial charge in [0, 0.05) is 16.6 Å². The molecule has 1 saturated heterocycles. The lowest BCUT2D eigenvalue weighted by atomic mass is 10.0. The van der Waals surface area contributed by atoms with Crippen molar-refractivity contribution < 1.29 is 9.32 Å². The number of hydrogen-bond acceptors (Lipinski definition) is 3. The summed E-state index contributed by atoms with van der Waals surface area (Å²) in [6, 6.07) is 8.43. The van der Waals surface area contributed by atoms with Crippen molar-refractivity contribution in [2.24, 2.45) is 0 Å². The van der Waals surface area contributed by atoms with E-state index in [9.17, 15) is 4.79 Å². The standard InChI is InChI=1S/C17H19BrN2O2/c1-11-15(12(2)22-19-11)10-17(21)20-9-3-4-16(20)13-5-7-14(18)8-6-13/h5-8,16H,3-4,9-10H2,1-2H3/t16-/m0/s1. The number of aryl methyl sites for hydroxylation is 2. The van der Waals surface area contributed by atoms with Crippen LogP contribution in [0.1, 0.15) is 41.5 Å². The third kappa shape index (κ3) is 2.95. The monoisotopic (exact) mass is 362 g/mol. The Morgan fingerprint density at radius 1 is 1.36 bits per heavy atom. The van der Waals surface area contributed by atoms with Crippen LogP contribution in [0.25, 0.3) is 0 Å². The van der Waals surface area contributed by atoms with Gasteiger partial charge in [-0.2, -0.15) is 0 Å². The second-order valence-corrected chi connectivity index (χ2v) is 6.69. The van der Waals surface area contributed by atoms with Gasteiger partial charge in [-0.25, -0.2) is 0 Å². The molecule has 1 amide bonds. The van der Waals surface area contributed by atoms with E-state index in [-0.39, 0.29) is 11.9 Å². The SMILES string of the molecule is Cc1noc(C)c1CC(=O)N1CCC[C@H]1c1ccc(Br)cc1. The zero-order chi connectivity index (χ0) is 15.7. The van der Waals surface area contributed by atoms with Crippen molar-refractivity contribution in [1.82, 2.24) is 10.1 Å². The van der Waals surface area contributed by atoms with Crippen LogP contribution in [-0.2, 0) is 11.2 Å². The molecule has 1 aromatic heterocycles. The van der Waals surface area contributed by atoms with E-state index in [2.05, 4.69) is 33.2 Å². The minimum absolute atomic E-state index is 0.153. The number of carbonyl (C=O) groups is 1. The Balaban J connectivity index is 1.78. The normalized spacial score (nSPS) is 18.0. The molecule has 0 radical (unpaired) electrons. The summed E-state index contributed by atoms with van der Waals surface area (Å²) in [4.78, 5) is 14.7. The highest BCUT2D eigenvalue weighted by Gasteiger charge is 2.30. The molecule has 0 N–H and O–H groups in total. The first kappa shape index (κ1) is 15.3. The van der Waals surface area contributed by atoms with Gasteiger partial charge >= 0.3 is 0 Å². The topological polar surface area (TPSA) is 46.3 Å². The van der Waals surface area contributed by atoms with Crippen molar-refractivity contribution in [2.45, 2.75) is 39.2 Å². The Bertz CT molecular complexity index is 659. The van der Waals surface area contributed by atoms with E-state index in [0.717, 1.165) is 40.9 Å². The Morgan fingerprint density at radius 3 is 2.73 bits per heavy atom. The van der Waals surface area contributed by atoms with Crippen LogP contribution in [0.5, 0.6) is 0 Å². The summed E-state index contributed by atoms with van der Waals surface area (Å²) in [7, 11) is 0. The number of carbonyl (C=O) groups excluding carboxylic acids is 1. The fourth-order valence-corrected chi connectivity index (χ4v) is 3.37. The Labute approximate surface area is 138 Å². The van der Waals surface area contributed by atoms with E-state index >= 15 is 0 Å². The zero-order valence-corrected chi connectivity index (χ0v) is 14.4. The summed E-state index contributed by atoms with van der Waals surface area (Å²) >= 11 is 3.46. The molecule has 0 spiro atoms. The predicted molar refractivity (Wildman–Crippen MR) is 87.5 cm³/mol. The molecule has 3 rings (SSSR count). The third-order valence-corrected chi connectivity index (χ3v) is 4.87. The van der Waals surface area contributed by atoms with E-state index in [1.165, 1.54) is 5.56 Å². The lowest BCUT2D eigenvalue weighted by molar-refractivity contribution is -0.131. The number of benzene rings is 1. The summed E-state index contributed by atoms with van der Waals surface area (Å²) in [5.41, 5.74) is 2.93. The van der Waals surface area contributed by atoms with Crippen LogP contribution in [-0.4, -0.2) is 22.5 Å². The van der Waals surface area contributed by atoms with Gasteiger partial charge < -0.3 is 9.42 Å². The Hall–Kier alpha value is -1.62. The van der Waals surface area contributed by atoms with Gasteiger partial charge in [0.2, 0.25) is 5.91 Å². The minimum Gasteiger partial charge on any atom is -0.361 e. The third-order valence-electron chi connectivity index (χ3n) is 4.34. The maximum atomic E-state index is 12.7. The van der Waals surface area contributed by atoms with Crippen molar-refractivity contribution in [1.29, 1.82) is 0 Å². The molecule has 0 unspecified atom stereocenters. The van der Waals surface area contributed by atoms with E-state index in [0.29, 0.717) is 6.42 Å². The fourth-order valence-electron chi connectivity index (χ4n) is 3.10. The van der Waals surface area contributed by atoms with Crippen molar-refractivity contribution in [2.75, 3.05) is 6.54 Å². The molecule has 1 atom stereocenters. The number of aromatic nitrogens is 1. The molecule has 22 heavy (non-hydrogen) atoms. The molecule has 1 fully saturated rings. The van der Waals surface area contributed by atoms with E-state index in [1.807, 2.05) is 30.9 Å². The van der Waals surface area contributed by atoms with E-state index < -0.39 is 0 Å². The molecule has 4 nitrogen and oxygen atoms in total. The molecule has 0 saturated carbocycles. The van der Waals surface area contributed by atoms with Crippen LogP contribution in [0.15, 0.2) is 33.3 Å². The first-order chi connectivity index (χ1) is 10.6. The average Bonchev–Trinajstić information content (AvgIpc) is 3.10. The van der Waals surface area contributed by atoms with Crippen molar-refractivity contribution in [3.63, 3.8) is 0 Å². The maximum absolute atomic E-state index is 12.7. The van der Waals surface area contributed by atoms with Crippen LogP contribution in [0.2, 0.25) is 0 Å². The molecule has 116 valence electrons. The number of amides is 1. The second kappa shape index (κ2) is 6.24. The Kier molecular flexibility index (Phi) is 4.34. The highest BCUT2D eigenvalue weighted by Crippen LogP contribution is 2.33. The zero-order valence-electron chi connectivity index (χ0n) is 12.8. The summed E-state index contributed by atoms with van der Waals surface area (Å²) in [6.07, 6.45) is 2.44. The highest BCUT2D eigenvalue weighted by molar-refractivity contribution is 9.10. The molecule has 1 aromatic carbocycles. The fraction of sp³-hybridized carbons (Fsp3) is 0.412. The Morgan fingerprint density at radius 2 is 2.09 bits per heavy atom. The molecule has 0 bridgehead atoms. The van der Waals surface area contributed by atoms with Gasteiger partial charge in [-0.1, -0.05) is 33.2 Å². The van der Waals surface area contributed by atoms with Crippen LogP contribution >= 0.6 is 15.9 Å². The smallest absolute Gasteiger partial charge is 0.227 e. The summed E-state index contributed by atoms with van der Waals surface area (Å²) in [6.45, 7) is 4.57. The largest absolute Gasteiger partial charge is 0.361 e. The van der Waals surface area contributed by atoms with Gasteiger partial charge in [0.1, 0.15) is 5.76 Å². The van der Waals surface area contributed by atoms with Crippen LogP contribution in [0.3, 0.4) is 0 Å². The molecule has 2 heterocycles. The van der Waals surface area contributed by atoms with Crippen LogP contribution in [0.4, 0.5) is 0 Å². The minimum atomic E-state index is 0.153. The van der Waals surface area contributed by atoms with Crippen molar-refractivity contribution in [3.05, 3.63) is 51.3 Å². The van der Waals surface area contributed by atoms with Gasteiger partial charge in [-0.05, 0) is 44.4 Å². The summed E-state index contributed by atoms with van der Waals surface area (Å²) in [5.74, 6) is 0.894. The number of hydrogen-bond donors (Lipinski definition) is 0. The molecule has 0 aliphatic carbocycles. The van der Waals surface area contributed by atoms with Gasteiger partial charge in [-0.3, -0.25) is 4.79 Å². The highest BCUT2D eigenvalue weighted by atomic mass is 79.9. The summed E-state index contributed by atoms with van der Waals surface area (Å²) in [5, 5.41) is 3.93. The maximum Gasteiger partial charge on any atom is 0.227 e. The molecular formula is C17H19BrN2O2. The van der Waals surface area contributed by atoms with E-state index in [1.54, 1.807) is 0 Å². The quantitative estimate of drug-likeness (QED) is 0.829. The molecule has 1 aliphatic heterocycles. The van der Waals surface area contributed by atoms with Gasteiger partial charge in [-0.15, -0.1) is 0 Å². The number of nitrogens with zero attached hydrogens (tertiary/aromatic N) is 2. The van der Waals surface area contributed by atoms with Crippen LogP contribution in [0, 0.1) is 13.8 Å². The van der Waals surface area contributed by atoms with Crippen molar-refractivity contribution >= 4 is 21.8 Å².